The number of esters is 1. The Labute approximate surface area is 244 Å². The molecule has 2 fully saturated rings. The Bertz CT molecular complexity index is 1220. The number of carbonyl (C=O) groups is 1. The molecular formula is C35H46O6. The number of aryl methyl sites for hydroxylation is 1. The maximum absolute atomic E-state index is 13.6. The lowest BCUT2D eigenvalue weighted by Crippen LogP contribution is -2.53. The van der Waals surface area contributed by atoms with Crippen LogP contribution in [-0.2, 0) is 14.2 Å². The van der Waals surface area contributed by atoms with Crippen LogP contribution in [0.2, 0.25) is 0 Å². The van der Waals surface area contributed by atoms with Crippen molar-refractivity contribution in [2.75, 3.05) is 0 Å². The van der Waals surface area contributed by atoms with Gasteiger partial charge in [0.2, 0.25) is 0 Å². The molecule has 3 heterocycles. The lowest BCUT2D eigenvalue weighted by molar-refractivity contribution is -0.300. The average Bonchev–Trinajstić information content (AvgIpc) is 2.96. The number of allylic oxidation sites excluding steroid dienone is 2. The van der Waals surface area contributed by atoms with Crippen molar-refractivity contribution in [3.05, 3.63) is 70.9 Å². The summed E-state index contributed by atoms with van der Waals surface area (Å²) in [4.78, 5) is 13.6. The van der Waals surface area contributed by atoms with Crippen molar-refractivity contribution in [2.45, 2.75) is 109 Å². The third-order valence-electron chi connectivity index (χ3n) is 9.36. The third-order valence-corrected chi connectivity index (χ3v) is 9.36. The highest BCUT2D eigenvalue weighted by molar-refractivity contribution is 5.94. The fourth-order valence-electron chi connectivity index (χ4n) is 6.86. The molecule has 41 heavy (non-hydrogen) atoms. The molecule has 1 saturated heterocycles. The summed E-state index contributed by atoms with van der Waals surface area (Å²) in [6.07, 6.45) is 20.1. The van der Waals surface area contributed by atoms with Crippen molar-refractivity contribution < 1.29 is 29.2 Å². The summed E-state index contributed by atoms with van der Waals surface area (Å²) in [6.45, 7) is 7.92. The zero-order valence-electron chi connectivity index (χ0n) is 24.9. The molecule has 0 unspecified atom stereocenters. The van der Waals surface area contributed by atoms with Crippen LogP contribution in [0, 0.1) is 24.7 Å². The summed E-state index contributed by atoms with van der Waals surface area (Å²) >= 11 is 0. The largest absolute Gasteiger partial charge is 0.508 e. The van der Waals surface area contributed by atoms with E-state index in [2.05, 4.69) is 19.1 Å². The molecule has 2 N–H and O–H groups in total. The molecule has 6 nitrogen and oxygen atoms in total. The van der Waals surface area contributed by atoms with Crippen molar-refractivity contribution in [1.29, 1.82) is 0 Å². The molecule has 7 atom stereocenters. The number of benzene rings is 1. The molecule has 0 radical (unpaired) electrons. The van der Waals surface area contributed by atoms with Crippen LogP contribution >= 0.6 is 0 Å². The van der Waals surface area contributed by atoms with Gasteiger partial charge in [0, 0.05) is 24.7 Å². The van der Waals surface area contributed by atoms with Crippen molar-refractivity contribution in [3.8, 4) is 5.75 Å². The lowest BCUT2D eigenvalue weighted by Gasteiger charge is -2.48. The fourth-order valence-corrected chi connectivity index (χ4v) is 6.86. The maximum atomic E-state index is 13.6. The number of ether oxygens (including phenoxy) is 3. The Morgan fingerprint density at radius 3 is 2.51 bits per heavy atom. The predicted molar refractivity (Wildman–Crippen MR) is 160 cm³/mol. The van der Waals surface area contributed by atoms with Crippen LogP contribution in [0.1, 0.15) is 93.6 Å². The van der Waals surface area contributed by atoms with Gasteiger partial charge in [0.25, 0.3) is 0 Å². The SMILES string of the molecule is C/C1=C/C[C@@H]2C[C@@H](C[C@]3(C=C[C@H](C)[C@@H](C4CCCCC4)O3)O2)OC(=O)c2cc(C)c(O)cc2/C=C\C=C/[C@H](C)[C@@H]1O. The lowest BCUT2D eigenvalue weighted by atomic mass is 9.79. The molecule has 1 saturated carbocycles. The van der Waals surface area contributed by atoms with E-state index < -0.39 is 24.0 Å². The molecule has 1 aromatic carbocycles. The zero-order valence-corrected chi connectivity index (χ0v) is 24.9. The summed E-state index contributed by atoms with van der Waals surface area (Å²) in [5, 5.41) is 21.4. The minimum absolute atomic E-state index is 0.0662. The molecule has 222 valence electrons. The Kier molecular flexibility index (Phi) is 9.22. The number of fused-ring (bicyclic) bond motifs is 3. The highest BCUT2D eigenvalue weighted by Gasteiger charge is 2.48. The first-order chi connectivity index (χ1) is 19.6. The van der Waals surface area contributed by atoms with E-state index >= 15 is 0 Å². The van der Waals surface area contributed by atoms with E-state index in [-0.39, 0.29) is 23.9 Å². The monoisotopic (exact) mass is 562 g/mol. The fraction of sp³-hybridized carbons (Fsp3) is 0.571. The molecule has 6 heteroatoms. The first-order valence-electron chi connectivity index (χ1n) is 15.4. The van der Waals surface area contributed by atoms with Crippen molar-refractivity contribution in [3.63, 3.8) is 0 Å². The van der Waals surface area contributed by atoms with Crippen LogP contribution in [0.4, 0.5) is 0 Å². The van der Waals surface area contributed by atoms with Crippen LogP contribution in [0.3, 0.4) is 0 Å². The van der Waals surface area contributed by atoms with Gasteiger partial charge in [0.15, 0.2) is 5.79 Å². The van der Waals surface area contributed by atoms with Gasteiger partial charge in [0.1, 0.15) is 11.9 Å². The van der Waals surface area contributed by atoms with E-state index in [1.54, 1.807) is 25.1 Å². The predicted octanol–water partition coefficient (Wildman–Crippen LogP) is 7.19. The summed E-state index contributed by atoms with van der Waals surface area (Å²) in [7, 11) is 0. The molecule has 1 aliphatic carbocycles. The number of hydrogen-bond donors (Lipinski definition) is 2. The Balaban J connectivity index is 1.49. The van der Waals surface area contributed by atoms with E-state index in [1.165, 1.54) is 32.1 Å². The summed E-state index contributed by atoms with van der Waals surface area (Å²) < 4.78 is 19.8. The van der Waals surface area contributed by atoms with Crippen LogP contribution in [-0.4, -0.2) is 46.4 Å². The summed E-state index contributed by atoms with van der Waals surface area (Å²) in [5.74, 6) is -0.571. The van der Waals surface area contributed by atoms with Gasteiger partial charge in [-0.3, -0.25) is 0 Å². The zero-order chi connectivity index (χ0) is 29.1. The number of aliphatic hydroxyl groups is 1. The van der Waals surface area contributed by atoms with Crippen molar-refractivity contribution in [1.82, 2.24) is 0 Å². The van der Waals surface area contributed by atoms with Crippen LogP contribution in [0.5, 0.6) is 5.75 Å². The summed E-state index contributed by atoms with van der Waals surface area (Å²) in [5.41, 5.74) is 2.49. The molecule has 1 aromatic rings. The molecular weight excluding hydrogens is 516 g/mol. The highest BCUT2D eigenvalue weighted by Crippen LogP contribution is 2.43. The average molecular weight is 563 g/mol. The normalized spacial score (nSPS) is 38.0. The molecule has 4 aliphatic rings. The second-order valence-corrected chi connectivity index (χ2v) is 12.7. The van der Waals surface area contributed by atoms with Gasteiger partial charge in [0.05, 0.1) is 23.9 Å². The first kappa shape index (κ1) is 29.8. The number of aromatic hydroxyl groups is 1. The van der Waals surface area contributed by atoms with E-state index in [0.29, 0.717) is 47.8 Å². The van der Waals surface area contributed by atoms with Gasteiger partial charge in [-0.25, -0.2) is 4.79 Å². The molecule has 0 aromatic heterocycles. The maximum Gasteiger partial charge on any atom is 0.339 e. The minimum atomic E-state index is -0.960. The molecule has 5 rings (SSSR count). The van der Waals surface area contributed by atoms with Gasteiger partial charge < -0.3 is 24.4 Å². The standard InChI is InChI=1S/C35H46O6/c1-22-10-8-9-13-27-19-31(36)25(4)18-30(27)34(38)39-29-20-28(15-14-23(2)32(22)37)40-35(21-29)17-16-24(3)33(41-35)26-11-6-5-7-12-26/h8-10,13-14,16-19,22,24,26,28-29,32-33,36-37H,5-7,11-12,15,20-21H2,1-4H3/b10-8-,13-9-,23-14-/t22-,24-,28+,29-,32-,33-,35+/m0/s1. The van der Waals surface area contributed by atoms with E-state index in [9.17, 15) is 15.0 Å². The van der Waals surface area contributed by atoms with Crippen molar-refractivity contribution in [2.24, 2.45) is 17.8 Å². The Hall–Kier alpha value is -2.67. The molecule has 3 aliphatic heterocycles. The van der Waals surface area contributed by atoms with E-state index in [0.717, 1.165) is 5.57 Å². The topological polar surface area (TPSA) is 85.2 Å². The quantitative estimate of drug-likeness (QED) is 0.278. The minimum Gasteiger partial charge on any atom is -0.508 e. The smallest absolute Gasteiger partial charge is 0.339 e. The highest BCUT2D eigenvalue weighted by atomic mass is 16.7. The van der Waals surface area contributed by atoms with E-state index in [1.807, 2.05) is 38.2 Å². The van der Waals surface area contributed by atoms with Crippen LogP contribution in [0.25, 0.3) is 6.08 Å². The molecule has 0 amide bonds. The number of carbonyl (C=O) groups excluding carboxylic acids is 1. The first-order valence-corrected chi connectivity index (χ1v) is 15.4. The summed E-state index contributed by atoms with van der Waals surface area (Å²) in [6, 6.07) is 3.29. The molecule has 2 bridgehead atoms. The van der Waals surface area contributed by atoms with Gasteiger partial charge in [-0.05, 0) is 73.9 Å². The van der Waals surface area contributed by atoms with E-state index in [4.69, 9.17) is 14.2 Å². The third kappa shape index (κ3) is 6.87. The number of phenolic OH excluding ortho intramolecular Hbond substituents is 1. The Morgan fingerprint density at radius 2 is 1.73 bits per heavy atom. The number of rotatable bonds is 1. The van der Waals surface area contributed by atoms with Gasteiger partial charge in [-0.15, -0.1) is 0 Å². The number of hydrogen-bond acceptors (Lipinski definition) is 6. The van der Waals surface area contributed by atoms with Crippen LogP contribution in [0.15, 0.2) is 54.2 Å². The van der Waals surface area contributed by atoms with Gasteiger partial charge >= 0.3 is 5.97 Å². The second kappa shape index (κ2) is 12.7. The number of phenols is 1. The van der Waals surface area contributed by atoms with Crippen molar-refractivity contribution >= 4 is 12.0 Å². The Morgan fingerprint density at radius 1 is 0.951 bits per heavy atom. The number of aliphatic hydroxyl groups excluding tert-OH is 1. The van der Waals surface area contributed by atoms with Gasteiger partial charge in [-0.2, -0.15) is 0 Å². The van der Waals surface area contributed by atoms with Gasteiger partial charge in [-0.1, -0.05) is 69.6 Å². The second-order valence-electron chi connectivity index (χ2n) is 12.7. The van der Waals surface area contributed by atoms with Crippen LogP contribution < -0.4 is 0 Å². The molecule has 1 spiro atoms.